The molecule has 1 heterocycles. The summed E-state index contributed by atoms with van der Waals surface area (Å²) < 4.78 is 0. The van der Waals surface area contributed by atoms with Gasteiger partial charge in [0.2, 0.25) is 0 Å². The minimum Gasteiger partial charge on any atom is -0.236 e. The minimum atomic E-state index is 0.493. The first kappa shape index (κ1) is 10.2. The molecule has 3 rings (SSSR count). The lowest BCUT2D eigenvalue weighted by Gasteiger charge is -2.06. The van der Waals surface area contributed by atoms with E-state index in [1.807, 2.05) is 36.4 Å². The molecular formula is C14H9ClN2. The Morgan fingerprint density at radius 3 is 2.47 bits per heavy atom. The third kappa shape index (κ3) is 1.77. The smallest absolute Gasteiger partial charge is 0.140 e. The number of halogens is 1. The standard InChI is InChI=1S/C14H9ClN2/c15-14-12-8-4-7-11(13(12)16-9-17-14)10-5-2-1-3-6-10/h1-9H. The molecular weight excluding hydrogens is 232 g/mol. The molecule has 0 spiro atoms. The Balaban J connectivity index is 2.35. The molecule has 1 aromatic heterocycles. The lowest BCUT2D eigenvalue weighted by atomic mass is 10.0. The fourth-order valence-corrected chi connectivity index (χ4v) is 2.10. The predicted molar refractivity (Wildman–Crippen MR) is 70.0 cm³/mol. The first-order valence-corrected chi connectivity index (χ1v) is 5.69. The van der Waals surface area contributed by atoms with Gasteiger partial charge in [-0.15, -0.1) is 0 Å². The highest BCUT2D eigenvalue weighted by Crippen LogP contribution is 2.29. The van der Waals surface area contributed by atoms with Gasteiger partial charge in [-0.1, -0.05) is 54.1 Å². The summed E-state index contributed by atoms with van der Waals surface area (Å²) in [4.78, 5) is 8.32. The highest BCUT2D eigenvalue weighted by Gasteiger charge is 2.06. The monoisotopic (exact) mass is 240 g/mol. The second-order valence-electron chi connectivity index (χ2n) is 3.73. The quantitative estimate of drug-likeness (QED) is 0.602. The first-order valence-electron chi connectivity index (χ1n) is 5.31. The van der Waals surface area contributed by atoms with Crippen LogP contribution in [0.25, 0.3) is 22.0 Å². The molecule has 3 heteroatoms. The molecule has 0 bridgehead atoms. The van der Waals surface area contributed by atoms with Gasteiger partial charge < -0.3 is 0 Å². The topological polar surface area (TPSA) is 25.8 Å². The van der Waals surface area contributed by atoms with Gasteiger partial charge in [-0.2, -0.15) is 0 Å². The van der Waals surface area contributed by atoms with Gasteiger partial charge in [-0.05, 0) is 11.6 Å². The zero-order chi connectivity index (χ0) is 11.7. The third-order valence-electron chi connectivity index (χ3n) is 2.70. The summed E-state index contributed by atoms with van der Waals surface area (Å²) in [6, 6.07) is 16.1. The molecule has 2 aromatic carbocycles. The summed E-state index contributed by atoms with van der Waals surface area (Å²) in [6.45, 7) is 0. The van der Waals surface area contributed by atoms with Crippen LogP contribution in [0.4, 0.5) is 0 Å². The van der Waals surface area contributed by atoms with Crippen LogP contribution < -0.4 is 0 Å². The number of para-hydroxylation sites is 1. The van der Waals surface area contributed by atoms with Gasteiger partial charge in [0.25, 0.3) is 0 Å². The zero-order valence-electron chi connectivity index (χ0n) is 8.97. The molecule has 0 amide bonds. The largest absolute Gasteiger partial charge is 0.236 e. The predicted octanol–water partition coefficient (Wildman–Crippen LogP) is 3.95. The number of aromatic nitrogens is 2. The van der Waals surface area contributed by atoms with E-state index in [1.165, 1.54) is 6.33 Å². The van der Waals surface area contributed by atoms with Crippen LogP contribution in [0.15, 0.2) is 54.9 Å². The van der Waals surface area contributed by atoms with Crippen LogP contribution in [0.2, 0.25) is 5.15 Å². The number of nitrogens with zero attached hydrogens (tertiary/aromatic N) is 2. The maximum Gasteiger partial charge on any atom is 0.140 e. The van der Waals surface area contributed by atoms with Crippen LogP contribution in [0.5, 0.6) is 0 Å². The fourth-order valence-electron chi connectivity index (χ4n) is 1.91. The molecule has 3 aromatic rings. The summed E-state index contributed by atoms with van der Waals surface area (Å²) in [7, 11) is 0. The summed E-state index contributed by atoms with van der Waals surface area (Å²) in [5.41, 5.74) is 3.10. The Morgan fingerprint density at radius 2 is 1.65 bits per heavy atom. The van der Waals surface area contributed by atoms with E-state index < -0.39 is 0 Å². The summed E-state index contributed by atoms with van der Waals surface area (Å²) >= 11 is 6.07. The Bertz CT molecular complexity index is 665. The average Bonchev–Trinajstić information content (AvgIpc) is 2.40. The molecule has 0 aliphatic carbocycles. The maximum atomic E-state index is 6.07. The number of fused-ring (bicyclic) bond motifs is 1. The molecule has 0 unspecified atom stereocenters. The van der Waals surface area contributed by atoms with Crippen molar-refractivity contribution in [3.8, 4) is 11.1 Å². The molecule has 17 heavy (non-hydrogen) atoms. The summed E-state index contributed by atoms with van der Waals surface area (Å²) in [5, 5.41) is 1.38. The van der Waals surface area contributed by atoms with Crippen LogP contribution in [-0.4, -0.2) is 9.97 Å². The lowest BCUT2D eigenvalue weighted by molar-refractivity contribution is 1.22. The molecule has 0 fully saturated rings. The minimum absolute atomic E-state index is 0.493. The van der Waals surface area contributed by atoms with Crippen molar-refractivity contribution in [2.45, 2.75) is 0 Å². The van der Waals surface area contributed by atoms with Gasteiger partial charge in [0.1, 0.15) is 11.5 Å². The van der Waals surface area contributed by atoms with E-state index in [0.29, 0.717) is 5.15 Å². The van der Waals surface area contributed by atoms with Crippen LogP contribution in [0, 0.1) is 0 Å². The maximum absolute atomic E-state index is 6.07. The fraction of sp³-hybridized carbons (Fsp3) is 0. The van der Waals surface area contributed by atoms with Crippen molar-refractivity contribution in [3.05, 3.63) is 60.0 Å². The molecule has 0 saturated heterocycles. The van der Waals surface area contributed by atoms with Crippen molar-refractivity contribution >= 4 is 22.5 Å². The summed E-state index contributed by atoms with van der Waals surface area (Å²) in [5.74, 6) is 0. The molecule has 0 aliphatic rings. The van der Waals surface area contributed by atoms with Crippen molar-refractivity contribution in [1.29, 1.82) is 0 Å². The van der Waals surface area contributed by atoms with E-state index in [1.54, 1.807) is 0 Å². The van der Waals surface area contributed by atoms with Crippen LogP contribution in [0.1, 0.15) is 0 Å². The van der Waals surface area contributed by atoms with E-state index in [-0.39, 0.29) is 0 Å². The van der Waals surface area contributed by atoms with E-state index in [0.717, 1.165) is 22.0 Å². The number of rotatable bonds is 1. The van der Waals surface area contributed by atoms with Crippen LogP contribution >= 0.6 is 11.6 Å². The van der Waals surface area contributed by atoms with Gasteiger partial charge in [0.15, 0.2) is 0 Å². The molecule has 0 atom stereocenters. The van der Waals surface area contributed by atoms with Crippen molar-refractivity contribution in [3.63, 3.8) is 0 Å². The normalized spacial score (nSPS) is 10.6. The van der Waals surface area contributed by atoms with E-state index in [2.05, 4.69) is 22.1 Å². The zero-order valence-corrected chi connectivity index (χ0v) is 9.72. The highest BCUT2D eigenvalue weighted by molar-refractivity contribution is 6.34. The Morgan fingerprint density at radius 1 is 0.824 bits per heavy atom. The third-order valence-corrected chi connectivity index (χ3v) is 3.00. The van der Waals surface area contributed by atoms with Gasteiger partial charge in [0.05, 0.1) is 5.52 Å². The molecule has 0 radical (unpaired) electrons. The van der Waals surface area contributed by atoms with Gasteiger partial charge in [0, 0.05) is 10.9 Å². The molecule has 0 saturated carbocycles. The Hall–Kier alpha value is -1.93. The Kier molecular flexibility index (Phi) is 2.50. The second kappa shape index (κ2) is 4.15. The van der Waals surface area contributed by atoms with E-state index in [9.17, 15) is 0 Å². The highest BCUT2D eigenvalue weighted by atomic mass is 35.5. The lowest BCUT2D eigenvalue weighted by Crippen LogP contribution is -1.87. The van der Waals surface area contributed by atoms with E-state index >= 15 is 0 Å². The van der Waals surface area contributed by atoms with Crippen LogP contribution in [0.3, 0.4) is 0 Å². The number of hydrogen-bond donors (Lipinski definition) is 0. The van der Waals surface area contributed by atoms with Crippen LogP contribution in [-0.2, 0) is 0 Å². The number of benzene rings is 2. The average molecular weight is 241 g/mol. The van der Waals surface area contributed by atoms with E-state index in [4.69, 9.17) is 11.6 Å². The molecule has 82 valence electrons. The van der Waals surface area contributed by atoms with Gasteiger partial charge >= 0.3 is 0 Å². The SMILES string of the molecule is Clc1ncnc2c(-c3ccccc3)cccc12. The van der Waals surface area contributed by atoms with Crippen molar-refractivity contribution in [1.82, 2.24) is 9.97 Å². The van der Waals surface area contributed by atoms with Crippen molar-refractivity contribution in [2.24, 2.45) is 0 Å². The molecule has 0 aliphatic heterocycles. The van der Waals surface area contributed by atoms with Crippen molar-refractivity contribution in [2.75, 3.05) is 0 Å². The second-order valence-corrected chi connectivity index (χ2v) is 4.09. The summed E-state index contributed by atoms with van der Waals surface area (Å²) in [6.07, 6.45) is 1.50. The first-order chi connectivity index (χ1) is 8.36. The van der Waals surface area contributed by atoms with Gasteiger partial charge in [-0.25, -0.2) is 9.97 Å². The molecule has 0 N–H and O–H groups in total. The molecule has 2 nitrogen and oxygen atoms in total. The van der Waals surface area contributed by atoms with Gasteiger partial charge in [-0.3, -0.25) is 0 Å². The number of hydrogen-bond acceptors (Lipinski definition) is 2. The van der Waals surface area contributed by atoms with Crippen molar-refractivity contribution < 1.29 is 0 Å². The Labute approximate surface area is 104 Å².